The summed E-state index contributed by atoms with van der Waals surface area (Å²) in [5.74, 6) is -0.717. The molecule has 2 rings (SSSR count). The summed E-state index contributed by atoms with van der Waals surface area (Å²) >= 11 is 13.0. The summed E-state index contributed by atoms with van der Waals surface area (Å²) in [5.41, 5.74) is 2.26. The Morgan fingerprint density at radius 1 is 1.24 bits per heavy atom. The molecule has 8 heteroatoms. The van der Waals surface area contributed by atoms with Crippen molar-refractivity contribution < 1.29 is 14.3 Å². The van der Waals surface area contributed by atoms with Crippen molar-refractivity contribution in [3.05, 3.63) is 51.6 Å². The highest BCUT2D eigenvalue weighted by Crippen LogP contribution is 2.24. The average molecular weight is 399 g/mol. The zero-order chi connectivity index (χ0) is 18.4. The Labute approximate surface area is 160 Å². The van der Waals surface area contributed by atoms with Crippen LogP contribution in [0.3, 0.4) is 0 Å². The van der Waals surface area contributed by atoms with Gasteiger partial charge in [-0.1, -0.05) is 40.9 Å². The lowest BCUT2D eigenvalue weighted by molar-refractivity contribution is -0.144. The number of carbonyl (C=O) groups excluding carboxylic acids is 2. The van der Waals surface area contributed by atoms with Crippen molar-refractivity contribution >= 4 is 52.7 Å². The van der Waals surface area contributed by atoms with E-state index in [1.807, 2.05) is 32.0 Å². The van der Waals surface area contributed by atoms with Crippen molar-refractivity contribution in [1.82, 2.24) is 4.98 Å². The number of rotatable bonds is 6. The topological polar surface area (TPSA) is 68.3 Å². The van der Waals surface area contributed by atoms with Gasteiger partial charge in [-0.2, -0.15) is 0 Å². The number of hydrogen-bond acceptors (Lipinski definition) is 5. The number of thioether (sulfide) groups is 1. The summed E-state index contributed by atoms with van der Waals surface area (Å²) in [6.45, 7) is 3.58. The van der Waals surface area contributed by atoms with E-state index in [1.165, 1.54) is 24.0 Å². The van der Waals surface area contributed by atoms with Crippen molar-refractivity contribution in [2.75, 3.05) is 17.7 Å². The SMILES string of the molecule is Cc1ccc(SCC(=O)OCC(=O)Nc2ncc(Cl)cc2Cl)c(C)c1. The van der Waals surface area contributed by atoms with Crippen LogP contribution in [-0.2, 0) is 14.3 Å². The molecule has 0 radical (unpaired) electrons. The van der Waals surface area contributed by atoms with Crippen LogP contribution in [0.2, 0.25) is 10.0 Å². The Bertz CT molecular complexity index is 799. The van der Waals surface area contributed by atoms with Crippen LogP contribution in [0.4, 0.5) is 5.82 Å². The van der Waals surface area contributed by atoms with E-state index in [9.17, 15) is 9.59 Å². The maximum absolute atomic E-state index is 11.8. The molecule has 0 bridgehead atoms. The average Bonchev–Trinajstić information content (AvgIpc) is 2.55. The van der Waals surface area contributed by atoms with Crippen LogP contribution in [0.25, 0.3) is 0 Å². The van der Waals surface area contributed by atoms with E-state index >= 15 is 0 Å². The predicted molar refractivity (Wildman–Crippen MR) is 100 cm³/mol. The largest absolute Gasteiger partial charge is 0.455 e. The maximum Gasteiger partial charge on any atom is 0.316 e. The quantitative estimate of drug-likeness (QED) is 0.580. The lowest BCUT2D eigenvalue weighted by Crippen LogP contribution is -2.22. The number of halogens is 2. The van der Waals surface area contributed by atoms with Gasteiger partial charge in [0.25, 0.3) is 5.91 Å². The molecule has 0 aliphatic rings. The minimum absolute atomic E-state index is 0.122. The van der Waals surface area contributed by atoms with Gasteiger partial charge in [-0.15, -0.1) is 11.8 Å². The number of nitrogens with one attached hydrogen (secondary N) is 1. The zero-order valence-electron chi connectivity index (χ0n) is 13.6. The van der Waals surface area contributed by atoms with Crippen LogP contribution in [0.5, 0.6) is 0 Å². The number of aryl methyl sites for hydroxylation is 2. The molecule has 0 aliphatic carbocycles. The van der Waals surface area contributed by atoms with Crippen LogP contribution in [-0.4, -0.2) is 29.2 Å². The Kier molecular flexibility index (Phi) is 7.11. The lowest BCUT2D eigenvalue weighted by atomic mass is 10.2. The van der Waals surface area contributed by atoms with E-state index in [0.29, 0.717) is 5.02 Å². The number of carbonyl (C=O) groups is 2. The van der Waals surface area contributed by atoms with E-state index in [0.717, 1.165) is 16.0 Å². The fraction of sp³-hybridized carbons (Fsp3) is 0.235. The van der Waals surface area contributed by atoms with Gasteiger partial charge in [0.05, 0.1) is 15.8 Å². The summed E-state index contributed by atoms with van der Waals surface area (Å²) in [5, 5.41) is 3.02. The minimum Gasteiger partial charge on any atom is -0.455 e. The number of hydrogen-bond donors (Lipinski definition) is 1. The number of esters is 1. The smallest absolute Gasteiger partial charge is 0.316 e. The Hall–Kier alpha value is -1.76. The summed E-state index contributed by atoms with van der Waals surface area (Å²) in [6, 6.07) is 7.45. The molecule has 0 aliphatic heterocycles. The lowest BCUT2D eigenvalue weighted by Gasteiger charge is -2.08. The number of aromatic nitrogens is 1. The second kappa shape index (κ2) is 9.08. The normalized spacial score (nSPS) is 10.4. The molecule has 5 nitrogen and oxygen atoms in total. The zero-order valence-corrected chi connectivity index (χ0v) is 16.0. The first-order chi connectivity index (χ1) is 11.8. The molecule has 1 amide bonds. The van der Waals surface area contributed by atoms with Crippen molar-refractivity contribution in [1.29, 1.82) is 0 Å². The van der Waals surface area contributed by atoms with Gasteiger partial charge in [-0.25, -0.2) is 4.98 Å². The number of pyridine rings is 1. The molecule has 0 unspecified atom stereocenters. The molecule has 1 N–H and O–H groups in total. The van der Waals surface area contributed by atoms with Gasteiger partial charge in [0.1, 0.15) is 0 Å². The van der Waals surface area contributed by atoms with Gasteiger partial charge in [0, 0.05) is 11.1 Å². The second-order valence-electron chi connectivity index (χ2n) is 5.25. The van der Waals surface area contributed by atoms with Crippen molar-refractivity contribution in [2.45, 2.75) is 18.7 Å². The van der Waals surface area contributed by atoms with Crippen LogP contribution < -0.4 is 5.32 Å². The van der Waals surface area contributed by atoms with Crippen LogP contribution in [0, 0.1) is 13.8 Å². The van der Waals surface area contributed by atoms with E-state index in [2.05, 4.69) is 10.3 Å². The number of ether oxygens (including phenoxy) is 1. The molecule has 0 saturated carbocycles. The summed E-state index contributed by atoms with van der Waals surface area (Å²) in [4.78, 5) is 28.5. The molecule has 1 aromatic heterocycles. The number of amides is 1. The van der Waals surface area contributed by atoms with E-state index in [-0.39, 0.29) is 16.6 Å². The molecule has 25 heavy (non-hydrogen) atoms. The fourth-order valence-corrected chi connectivity index (χ4v) is 3.20. The third kappa shape index (κ3) is 6.23. The maximum atomic E-state index is 11.8. The van der Waals surface area contributed by atoms with Gasteiger partial charge >= 0.3 is 5.97 Å². The Morgan fingerprint density at radius 3 is 2.68 bits per heavy atom. The standard InChI is InChI=1S/C17H16Cl2N2O3S/c1-10-3-4-14(11(2)5-10)25-9-16(23)24-8-15(22)21-17-13(19)6-12(18)7-20-17/h3-7H,8-9H2,1-2H3,(H,20,21,22). The molecule has 1 aromatic carbocycles. The highest BCUT2D eigenvalue weighted by molar-refractivity contribution is 8.00. The molecule has 0 atom stereocenters. The first-order valence-electron chi connectivity index (χ1n) is 7.31. The first-order valence-corrected chi connectivity index (χ1v) is 9.06. The van der Waals surface area contributed by atoms with Crippen LogP contribution in [0.15, 0.2) is 35.4 Å². The molecule has 1 heterocycles. The Morgan fingerprint density at radius 2 is 2.00 bits per heavy atom. The number of anilines is 1. The molecule has 0 spiro atoms. The van der Waals surface area contributed by atoms with Crippen LogP contribution in [0.1, 0.15) is 11.1 Å². The van der Waals surface area contributed by atoms with Gasteiger partial charge in [0.15, 0.2) is 12.4 Å². The third-order valence-electron chi connectivity index (χ3n) is 3.11. The summed E-state index contributed by atoms with van der Waals surface area (Å²) in [6.07, 6.45) is 1.36. The van der Waals surface area contributed by atoms with E-state index in [4.69, 9.17) is 27.9 Å². The molecule has 2 aromatic rings. The summed E-state index contributed by atoms with van der Waals surface area (Å²) < 4.78 is 4.96. The van der Waals surface area contributed by atoms with E-state index in [1.54, 1.807) is 0 Å². The van der Waals surface area contributed by atoms with Gasteiger partial charge in [-0.3, -0.25) is 9.59 Å². The Balaban J connectivity index is 1.78. The first kappa shape index (κ1) is 19.6. The molecular formula is C17H16Cl2N2O3S. The van der Waals surface area contributed by atoms with E-state index < -0.39 is 18.5 Å². The van der Waals surface area contributed by atoms with Gasteiger partial charge < -0.3 is 10.1 Å². The molecular weight excluding hydrogens is 383 g/mol. The van der Waals surface area contributed by atoms with Gasteiger partial charge in [0.2, 0.25) is 0 Å². The molecule has 0 saturated heterocycles. The second-order valence-corrected chi connectivity index (χ2v) is 7.11. The van der Waals surface area contributed by atoms with Gasteiger partial charge in [-0.05, 0) is 31.5 Å². The highest BCUT2D eigenvalue weighted by Gasteiger charge is 2.12. The minimum atomic E-state index is -0.526. The highest BCUT2D eigenvalue weighted by atomic mass is 35.5. The van der Waals surface area contributed by atoms with Crippen molar-refractivity contribution in [2.24, 2.45) is 0 Å². The van der Waals surface area contributed by atoms with Crippen LogP contribution >= 0.6 is 35.0 Å². The molecule has 132 valence electrons. The fourth-order valence-electron chi connectivity index (χ4n) is 1.96. The number of benzene rings is 1. The third-order valence-corrected chi connectivity index (χ3v) is 4.75. The van der Waals surface area contributed by atoms with Crippen molar-refractivity contribution in [3.8, 4) is 0 Å². The predicted octanol–water partition coefficient (Wildman–Crippen LogP) is 4.28. The molecule has 0 fully saturated rings. The summed E-state index contributed by atoms with van der Waals surface area (Å²) in [7, 11) is 0. The monoisotopic (exact) mass is 398 g/mol. The van der Waals surface area contributed by atoms with Crippen molar-refractivity contribution in [3.63, 3.8) is 0 Å². The number of nitrogens with zero attached hydrogens (tertiary/aromatic N) is 1.